The number of hydrogen-bond donors (Lipinski definition) is 1. The van der Waals surface area contributed by atoms with Crippen molar-refractivity contribution in [2.45, 2.75) is 0 Å². The molecule has 0 amide bonds. The summed E-state index contributed by atoms with van der Waals surface area (Å²) in [5, 5.41) is 2.43. The van der Waals surface area contributed by atoms with Crippen LogP contribution in [0.15, 0.2) is 24.3 Å². The van der Waals surface area contributed by atoms with Gasteiger partial charge in [-0.1, -0.05) is 23.5 Å². The van der Waals surface area contributed by atoms with Crippen molar-refractivity contribution in [3.05, 3.63) is 24.3 Å². The average molecular weight is 267 g/mol. The largest absolute Gasteiger partial charge is 0.382 e. The van der Waals surface area contributed by atoms with Gasteiger partial charge in [0, 0.05) is 7.11 Å². The van der Waals surface area contributed by atoms with E-state index in [9.17, 15) is 0 Å². The maximum absolute atomic E-state index is 5.94. The number of anilines is 1. The molecular weight excluding hydrogens is 250 g/mol. The quantitative estimate of drug-likeness (QED) is 0.469. The normalized spacial score (nSPS) is 11.0. The molecule has 5 nitrogen and oxygen atoms in total. The first kappa shape index (κ1) is 13.2. The van der Waals surface area contributed by atoms with E-state index in [0.29, 0.717) is 26.4 Å². The lowest BCUT2D eigenvalue weighted by molar-refractivity contribution is 0.0740. The summed E-state index contributed by atoms with van der Waals surface area (Å²) in [4.78, 5) is 4.47. The Kier molecular flexibility index (Phi) is 4.89. The lowest BCUT2D eigenvalue weighted by atomic mass is 10.3. The van der Waals surface area contributed by atoms with Gasteiger partial charge in [0.05, 0.1) is 36.6 Å². The van der Waals surface area contributed by atoms with Crippen LogP contribution in [0.2, 0.25) is 0 Å². The van der Waals surface area contributed by atoms with Crippen LogP contribution in [0, 0.1) is 0 Å². The highest BCUT2D eigenvalue weighted by Gasteiger charge is 2.08. The Morgan fingerprint density at radius 2 is 2.11 bits per heavy atom. The number of hydrazine groups is 1. The first-order chi connectivity index (χ1) is 8.81. The zero-order chi connectivity index (χ0) is 12.8. The second kappa shape index (κ2) is 6.65. The molecule has 0 saturated carbocycles. The van der Waals surface area contributed by atoms with Gasteiger partial charge in [-0.2, -0.15) is 0 Å². The molecule has 0 atom stereocenters. The van der Waals surface area contributed by atoms with Crippen molar-refractivity contribution in [2.24, 2.45) is 5.84 Å². The standard InChI is InChI=1S/C12H17N3O2S/c1-16-8-9-17-7-6-15(13)12-14-10-4-2-3-5-11(10)18-12/h2-5H,6-9,13H2,1H3. The van der Waals surface area contributed by atoms with Crippen LogP contribution in [0.25, 0.3) is 10.2 Å². The molecule has 0 bridgehead atoms. The Hall–Kier alpha value is -1.21. The third-order valence-electron chi connectivity index (χ3n) is 2.44. The average Bonchev–Trinajstić information content (AvgIpc) is 2.82. The number of thiazole rings is 1. The second-order valence-corrected chi connectivity index (χ2v) is 4.77. The molecule has 1 heterocycles. The maximum atomic E-state index is 5.94. The number of nitrogens with two attached hydrogens (primary N) is 1. The fourth-order valence-electron chi connectivity index (χ4n) is 1.49. The highest BCUT2D eigenvalue weighted by molar-refractivity contribution is 7.22. The number of benzene rings is 1. The van der Waals surface area contributed by atoms with Crippen LogP contribution in [0.4, 0.5) is 5.13 Å². The smallest absolute Gasteiger partial charge is 0.200 e. The van der Waals surface area contributed by atoms with Crippen molar-refractivity contribution in [2.75, 3.05) is 38.5 Å². The summed E-state index contributed by atoms with van der Waals surface area (Å²) in [5.41, 5.74) is 0.980. The van der Waals surface area contributed by atoms with Crippen molar-refractivity contribution >= 4 is 26.7 Å². The molecule has 2 N–H and O–H groups in total. The van der Waals surface area contributed by atoms with Crippen LogP contribution in [-0.4, -0.2) is 38.5 Å². The Labute approximate surface area is 110 Å². The summed E-state index contributed by atoms with van der Waals surface area (Å²) in [6.45, 7) is 2.37. The third-order valence-corrected chi connectivity index (χ3v) is 3.51. The molecule has 1 aromatic carbocycles. The van der Waals surface area contributed by atoms with Gasteiger partial charge in [-0.3, -0.25) is 5.01 Å². The monoisotopic (exact) mass is 267 g/mol. The van der Waals surface area contributed by atoms with Crippen LogP contribution < -0.4 is 10.9 Å². The molecule has 98 valence electrons. The van der Waals surface area contributed by atoms with E-state index in [-0.39, 0.29) is 0 Å². The highest BCUT2D eigenvalue weighted by atomic mass is 32.1. The van der Waals surface area contributed by atoms with Crippen LogP contribution >= 0.6 is 11.3 Å². The lowest BCUT2D eigenvalue weighted by Gasteiger charge is -2.14. The molecule has 6 heteroatoms. The summed E-state index contributed by atoms with van der Waals surface area (Å²) >= 11 is 1.58. The molecule has 0 aliphatic rings. The van der Waals surface area contributed by atoms with Gasteiger partial charge in [-0.05, 0) is 12.1 Å². The Morgan fingerprint density at radius 1 is 1.28 bits per heavy atom. The van der Waals surface area contributed by atoms with Crippen LogP contribution in [0.3, 0.4) is 0 Å². The molecule has 0 aliphatic carbocycles. The molecule has 0 aliphatic heterocycles. The summed E-state index contributed by atoms with van der Waals surface area (Å²) in [6.07, 6.45) is 0. The molecule has 2 rings (SSSR count). The van der Waals surface area contributed by atoms with Gasteiger partial charge in [0.15, 0.2) is 0 Å². The molecule has 0 spiro atoms. The molecule has 0 fully saturated rings. The van der Waals surface area contributed by atoms with Crippen LogP contribution in [0.1, 0.15) is 0 Å². The van der Waals surface area contributed by atoms with Gasteiger partial charge in [0.25, 0.3) is 0 Å². The molecule has 1 aromatic heterocycles. The van der Waals surface area contributed by atoms with Gasteiger partial charge in [0.2, 0.25) is 5.13 Å². The fraction of sp³-hybridized carbons (Fsp3) is 0.417. The van der Waals surface area contributed by atoms with Gasteiger partial charge >= 0.3 is 0 Å². The number of methoxy groups -OCH3 is 1. The number of hydrogen-bond acceptors (Lipinski definition) is 6. The molecular formula is C12H17N3O2S. The molecule has 18 heavy (non-hydrogen) atoms. The van der Waals surface area contributed by atoms with Crippen LogP contribution in [0.5, 0.6) is 0 Å². The Morgan fingerprint density at radius 3 is 2.89 bits per heavy atom. The lowest BCUT2D eigenvalue weighted by Crippen LogP contribution is -2.34. The predicted octanol–water partition coefficient (Wildman–Crippen LogP) is 1.64. The molecule has 0 saturated heterocycles. The Balaban J connectivity index is 1.86. The third kappa shape index (κ3) is 3.39. The first-order valence-electron chi connectivity index (χ1n) is 5.76. The number of para-hydroxylation sites is 1. The first-order valence-corrected chi connectivity index (χ1v) is 6.57. The summed E-state index contributed by atoms with van der Waals surface area (Å²) < 4.78 is 11.4. The Bertz CT molecular complexity index is 456. The van der Waals surface area contributed by atoms with E-state index in [1.54, 1.807) is 23.5 Å². The van der Waals surface area contributed by atoms with E-state index in [0.717, 1.165) is 15.3 Å². The van der Waals surface area contributed by atoms with E-state index in [2.05, 4.69) is 4.98 Å². The molecule has 2 aromatic rings. The minimum absolute atomic E-state index is 0.565. The number of rotatable bonds is 7. The van der Waals surface area contributed by atoms with E-state index in [4.69, 9.17) is 15.3 Å². The van der Waals surface area contributed by atoms with E-state index < -0.39 is 0 Å². The fourth-order valence-corrected chi connectivity index (χ4v) is 2.40. The summed E-state index contributed by atoms with van der Waals surface area (Å²) in [5.74, 6) is 5.94. The van der Waals surface area contributed by atoms with E-state index >= 15 is 0 Å². The maximum Gasteiger partial charge on any atom is 0.200 e. The van der Waals surface area contributed by atoms with Gasteiger partial charge < -0.3 is 9.47 Å². The minimum atomic E-state index is 0.565. The van der Waals surface area contributed by atoms with Crippen molar-refractivity contribution in [3.8, 4) is 0 Å². The van der Waals surface area contributed by atoms with Gasteiger partial charge in [0.1, 0.15) is 0 Å². The zero-order valence-corrected chi connectivity index (χ0v) is 11.2. The topological polar surface area (TPSA) is 60.6 Å². The van der Waals surface area contributed by atoms with Crippen molar-refractivity contribution < 1.29 is 9.47 Å². The number of ether oxygens (including phenoxy) is 2. The summed E-state index contributed by atoms with van der Waals surface area (Å²) in [6, 6.07) is 8.00. The number of aromatic nitrogens is 1. The SMILES string of the molecule is COCCOCCN(N)c1nc2ccccc2s1. The van der Waals surface area contributed by atoms with Gasteiger partial charge in [-0.15, -0.1) is 0 Å². The van der Waals surface area contributed by atoms with Crippen molar-refractivity contribution in [1.29, 1.82) is 0 Å². The summed E-state index contributed by atoms with van der Waals surface area (Å²) in [7, 11) is 1.65. The van der Waals surface area contributed by atoms with Crippen LogP contribution in [-0.2, 0) is 9.47 Å². The highest BCUT2D eigenvalue weighted by Crippen LogP contribution is 2.26. The number of fused-ring (bicyclic) bond motifs is 1. The molecule has 0 radical (unpaired) electrons. The molecule has 0 unspecified atom stereocenters. The number of nitrogens with zero attached hydrogens (tertiary/aromatic N) is 2. The van der Waals surface area contributed by atoms with Crippen molar-refractivity contribution in [3.63, 3.8) is 0 Å². The van der Waals surface area contributed by atoms with Gasteiger partial charge in [-0.25, -0.2) is 10.8 Å². The zero-order valence-electron chi connectivity index (χ0n) is 10.3. The predicted molar refractivity (Wildman–Crippen MR) is 73.8 cm³/mol. The van der Waals surface area contributed by atoms with E-state index in [1.807, 2.05) is 24.3 Å². The van der Waals surface area contributed by atoms with Crippen molar-refractivity contribution in [1.82, 2.24) is 4.98 Å². The minimum Gasteiger partial charge on any atom is -0.382 e. The van der Waals surface area contributed by atoms with E-state index in [1.165, 1.54) is 0 Å². The second-order valence-electron chi connectivity index (χ2n) is 3.76.